The van der Waals surface area contributed by atoms with Crippen molar-refractivity contribution in [3.05, 3.63) is 18.1 Å². The normalized spacial score (nSPS) is 14.5. The molecule has 1 aliphatic rings. The van der Waals surface area contributed by atoms with E-state index in [-0.39, 0.29) is 12.4 Å². The van der Waals surface area contributed by atoms with Crippen LogP contribution in [0.25, 0.3) is 0 Å². The first kappa shape index (κ1) is 11.8. The summed E-state index contributed by atoms with van der Waals surface area (Å²) in [5.41, 5.74) is 0. The lowest BCUT2D eigenvalue weighted by molar-refractivity contribution is 0.0587. The van der Waals surface area contributed by atoms with Gasteiger partial charge in [-0.2, -0.15) is 0 Å². The molecule has 1 aromatic heterocycles. The van der Waals surface area contributed by atoms with E-state index >= 15 is 0 Å². The fraction of sp³-hybridized carbons (Fsp3) is 0.545. The molecule has 1 heterocycles. The summed E-state index contributed by atoms with van der Waals surface area (Å²) in [6.07, 6.45) is 3.72. The summed E-state index contributed by atoms with van der Waals surface area (Å²) in [6, 6.07) is 2.16. The molecule has 0 amide bonds. The van der Waals surface area contributed by atoms with E-state index in [2.05, 4.69) is 14.7 Å². The minimum atomic E-state index is -0.549. The zero-order chi connectivity index (χ0) is 12.3. The highest BCUT2D eigenvalue weighted by molar-refractivity contribution is 5.85. The van der Waals surface area contributed by atoms with Crippen molar-refractivity contribution in [1.29, 1.82) is 0 Å². The van der Waals surface area contributed by atoms with Crippen LogP contribution in [0.3, 0.4) is 0 Å². The number of aromatic nitrogens is 2. The monoisotopic (exact) mass is 237 g/mol. The molecule has 92 valence electrons. The molecule has 0 saturated heterocycles. The number of aliphatic hydroxyl groups is 1. The van der Waals surface area contributed by atoms with Crippen molar-refractivity contribution >= 4 is 11.8 Å². The van der Waals surface area contributed by atoms with Gasteiger partial charge >= 0.3 is 5.97 Å². The van der Waals surface area contributed by atoms with Crippen LogP contribution < -0.4 is 4.90 Å². The minimum Gasteiger partial charge on any atom is -0.463 e. The fourth-order valence-electron chi connectivity index (χ4n) is 1.68. The van der Waals surface area contributed by atoms with Gasteiger partial charge in [0.2, 0.25) is 5.82 Å². The van der Waals surface area contributed by atoms with E-state index in [9.17, 15) is 4.79 Å². The third-order valence-electron chi connectivity index (χ3n) is 2.63. The lowest BCUT2D eigenvalue weighted by atomic mass is 10.4. The Hall–Kier alpha value is -1.69. The average molecular weight is 237 g/mol. The molecular formula is C11H15N3O3. The number of rotatable bonds is 5. The first-order chi connectivity index (χ1) is 8.26. The Morgan fingerprint density at radius 1 is 1.65 bits per heavy atom. The van der Waals surface area contributed by atoms with Gasteiger partial charge in [0.05, 0.1) is 13.7 Å². The molecule has 0 unspecified atom stereocenters. The molecule has 1 aromatic rings. The van der Waals surface area contributed by atoms with Gasteiger partial charge in [0, 0.05) is 18.8 Å². The highest BCUT2D eigenvalue weighted by Crippen LogP contribution is 2.30. The number of ether oxygens (including phenoxy) is 1. The Morgan fingerprint density at radius 3 is 3.00 bits per heavy atom. The first-order valence-corrected chi connectivity index (χ1v) is 5.55. The summed E-state index contributed by atoms with van der Waals surface area (Å²) in [7, 11) is 1.30. The van der Waals surface area contributed by atoms with Gasteiger partial charge in [-0.25, -0.2) is 14.8 Å². The van der Waals surface area contributed by atoms with Crippen LogP contribution in [0, 0.1) is 0 Å². The number of aliphatic hydroxyl groups excluding tert-OH is 1. The molecule has 1 fully saturated rings. The molecule has 0 radical (unpaired) electrons. The zero-order valence-corrected chi connectivity index (χ0v) is 9.67. The third-order valence-corrected chi connectivity index (χ3v) is 2.63. The van der Waals surface area contributed by atoms with Crippen LogP contribution in [0.15, 0.2) is 12.3 Å². The SMILES string of the molecule is COC(=O)c1nccc(N(CCO)C2CC2)n1. The van der Waals surface area contributed by atoms with E-state index in [4.69, 9.17) is 5.11 Å². The largest absolute Gasteiger partial charge is 0.463 e. The maximum atomic E-state index is 11.3. The Morgan fingerprint density at radius 2 is 2.41 bits per heavy atom. The second kappa shape index (κ2) is 5.09. The van der Waals surface area contributed by atoms with E-state index < -0.39 is 5.97 Å². The van der Waals surface area contributed by atoms with Crippen molar-refractivity contribution in [2.24, 2.45) is 0 Å². The molecule has 6 heteroatoms. The first-order valence-electron chi connectivity index (χ1n) is 5.55. The van der Waals surface area contributed by atoms with Gasteiger partial charge < -0.3 is 14.7 Å². The van der Waals surface area contributed by atoms with Crippen LogP contribution in [0.4, 0.5) is 5.82 Å². The van der Waals surface area contributed by atoms with Gasteiger partial charge in [0.1, 0.15) is 5.82 Å². The Kier molecular flexibility index (Phi) is 3.53. The van der Waals surface area contributed by atoms with E-state index in [0.29, 0.717) is 18.4 Å². The number of esters is 1. The van der Waals surface area contributed by atoms with Crippen LogP contribution in [-0.4, -0.2) is 47.3 Å². The van der Waals surface area contributed by atoms with Crippen LogP contribution in [0.1, 0.15) is 23.5 Å². The van der Waals surface area contributed by atoms with Gasteiger partial charge in [0.25, 0.3) is 0 Å². The highest BCUT2D eigenvalue weighted by atomic mass is 16.5. The molecule has 0 atom stereocenters. The van der Waals surface area contributed by atoms with Gasteiger partial charge in [0.15, 0.2) is 0 Å². The van der Waals surface area contributed by atoms with Crippen molar-refractivity contribution in [3.63, 3.8) is 0 Å². The van der Waals surface area contributed by atoms with E-state index in [0.717, 1.165) is 12.8 Å². The minimum absolute atomic E-state index is 0.0496. The lowest BCUT2D eigenvalue weighted by Crippen LogP contribution is -2.30. The van der Waals surface area contributed by atoms with Crippen LogP contribution in [0.5, 0.6) is 0 Å². The summed E-state index contributed by atoms with van der Waals surface area (Å²) in [4.78, 5) is 21.3. The van der Waals surface area contributed by atoms with Crippen LogP contribution in [0.2, 0.25) is 0 Å². The molecule has 0 aliphatic heterocycles. The number of hydrogen-bond donors (Lipinski definition) is 1. The number of carbonyl (C=O) groups excluding carboxylic acids is 1. The standard InChI is InChI=1S/C11H15N3O3/c1-17-11(16)10-12-5-4-9(13-10)14(6-7-15)8-2-3-8/h4-5,8,15H,2-3,6-7H2,1H3. The van der Waals surface area contributed by atoms with Crippen LogP contribution in [-0.2, 0) is 4.74 Å². The van der Waals surface area contributed by atoms with Crippen molar-refractivity contribution in [3.8, 4) is 0 Å². The molecule has 2 rings (SSSR count). The van der Waals surface area contributed by atoms with Crippen LogP contribution >= 0.6 is 0 Å². The Balaban J connectivity index is 2.21. The molecule has 17 heavy (non-hydrogen) atoms. The molecule has 1 saturated carbocycles. The van der Waals surface area contributed by atoms with Gasteiger partial charge in [-0.3, -0.25) is 0 Å². The van der Waals surface area contributed by atoms with Crippen molar-refractivity contribution in [2.75, 3.05) is 25.2 Å². The van der Waals surface area contributed by atoms with E-state index in [1.165, 1.54) is 13.3 Å². The predicted molar refractivity (Wildman–Crippen MR) is 60.8 cm³/mol. The molecule has 0 spiro atoms. The summed E-state index contributed by atoms with van der Waals surface area (Å²) < 4.78 is 4.58. The molecule has 0 aromatic carbocycles. The number of methoxy groups -OCH3 is 1. The smallest absolute Gasteiger partial charge is 0.376 e. The van der Waals surface area contributed by atoms with Crippen molar-refractivity contribution < 1.29 is 14.6 Å². The Labute approximate surface area is 99.2 Å². The predicted octanol–water partition coefficient (Wildman–Crippen LogP) is 0.224. The average Bonchev–Trinajstić information content (AvgIpc) is 3.19. The second-order valence-corrected chi connectivity index (χ2v) is 3.88. The van der Waals surface area contributed by atoms with Gasteiger partial charge in [-0.15, -0.1) is 0 Å². The van der Waals surface area contributed by atoms with Crippen molar-refractivity contribution in [1.82, 2.24) is 9.97 Å². The molecular weight excluding hydrogens is 222 g/mol. The Bertz CT molecular complexity index is 407. The number of hydrogen-bond acceptors (Lipinski definition) is 6. The summed E-state index contributed by atoms with van der Waals surface area (Å²) in [6.45, 7) is 0.580. The second-order valence-electron chi connectivity index (χ2n) is 3.88. The lowest BCUT2D eigenvalue weighted by Gasteiger charge is -2.22. The van der Waals surface area contributed by atoms with Gasteiger partial charge in [-0.1, -0.05) is 0 Å². The number of anilines is 1. The third kappa shape index (κ3) is 2.71. The van der Waals surface area contributed by atoms with Crippen molar-refractivity contribution in [2.45, 2.75) is 18.9 Å². The maximum absolute atomic E-state index is 11.3. The summed E-state index contributed by atoms with van der Waals surface area (Å²) in [5.74, 6) is 0.164. The fourth-order valence-corrected chi connectivity index (χ4v) is 1.68. The maximum Gasteiger partial charge on any atom is 0.376 e. The molecule has 1 N–H and O–H groups in total. The summed E-state index contributed by atoms with van der Waals surface area (Å²) in [5, 5.41) is 9.02. The molecule has 1 aliphatic carbocycles. The highest BCUT2D eigenvalue weighted by Gasteiger charge is 2.30. The summed E-state index contributed by atoms with van der Waals surface area (Å²) >= 11 is 0. The van der Waals surface area contributed by atoms with Gasteiger partial charge in [-0.05, 0) is 18.9 Å². The zero-order valence-electron chi connectivity index (χ0n) is 9.67. The van der Waals surface area contributed by atoms with E-state index in [1.807, 2.05) is 4.90 Å². The molecule has 0 bridgehead atoms. The number of nitrogens with zero attached hydrogens (tertiary/aromatic N) is 3. The molecule has 6 nitrogen and oxygen atoms in total. The van der Waals surface area contributed by atoms with E-state index in [1.54, 1.807) is 6.07 Å². The quantitative estimate of drug-likeness (QED) is 0.738. The number of carbonyl (C=O) groups is 1. The topological polar surface area (TPSA) is 75.5 Å².